The normalized spacial score (nSPS) is 30.8. The number of likely N-dealkylation sites (N-methyl/N-ethyl adjacent to an activating group) is 1. The van der Waals surface area contributed by atoms with E-state index < -0.39 is 5.69 Å². The second-order valence-electron chi connectivity index (χ2n) is 6.53. The van der Waals surface area contributed by atoms with Gasteiger partial charge in [0.2, 0.25) is 5.69 Å². The standard InChI is InChI=1S/C12H26NO2PS2/c1-10-7-5-6-8-11(10)12(9-13(2,3)4)15-16(14,17)18/h10-12H,5-9H2,1-4H3,(H-,14,17,18)/p+1. The van der Waals surface area contributed by atoms with Gasteiger partial charge in [-0.1, -0.05) is 38.4 Å². The highest BCUT2D eigenvalue weighted by atomic mass is 32.9. The smallest absolute Gasteiger partial charge is 0.242 e. The second kappa shape index (κ2) is 6.55. The van der Waals surface area contributed by atoms with Crippen molar-refractivity contribution in [1.29, 1.82) is 0 Å². The maximum Gasteiger partial charge on any atom is 0.242 e. The van der Waals surface area contributed by atoms with Gasteiger partial charge in [-0.2, -0.15) is 0 Å². The highest BCUT2D eigenvalue weighted by Crippen LogP contribution is 2.51. The predicted octanol–water partition coefficient (Wildman–Crippen LogP) is 3.05. The van der Waals surface area contributed by atoms with Crippen molar-refractivity contribution in [3.05, 3.63) is 0 Å². The van der Waals surface area contributed by atoms with E-state index in [1.54, 1.807) is 0 Å². The number of rotatable bonds is 5. The Morgan fingerprint density at radius 1 is 1.39 bits per heavy atom. The van der Waals surface area contributed by atoms with E-state index in [2.05, 4.69) is 40.3 Å². The van der Waals surface area contributed by atoms with E-state index >= 15 is 0 Å². The zero-order valence-corrected chi connectivity index (χ0v) is 14.5. The summed E-state index contributed by atoms with van der Waals surface area (Å²) in [4.78, 5) is 9.76. The molecule has 1 saturated carbocycles. The topological polar surface area (TPSA) is 29.5 Å². The number of thiol groups is 1. The maximum atomic E-state index is 9.76. The minimum absolute atomic E-state index is 0.0219. The molecule has 108 valence electrons. The first kappa shape index (κ1) is 16.9. The molecule has 0 aliphatic heterocycles. The van der Waals surface area contributed by atoms with Gasteiger partial charge in [-0.25, -0.2) is 0 Å². The van der Waals surface area contributed by atoms with Crippen LogP contribution >= 0.6 is 17.9 Å². The molecule has 0 amide bonds. The molecule has 18 heavy (non-hydrogen) atoms. The summed E-state index contributed by atoms with van der Waals surface area (Å²) in [7, 11) is 6.43. The Kier molecular flexibility index (Phi) is 6.17. The van der Waals surface area contributed by atoms with E-state index in [4.69, 9.17) is 16.3 Å². The van der Waals surface area contributed by atoms with Crippen LogP contribution in [0.2, 0.25) is 0 Å². The van der Waals surface area contributed by atoms with Crippen molar-refractivity contribution in [2.24, 2.45) is 11.8 Å². The van der Waals surface area contributed by atoms with Gasteiger partial charge in [-0.15, -0.1) is 0 Å². The van der Waals surface area contributed by atoms with Crippen LogP contribution in [0.3, 0.4) is 0 Å². The molecule has 0 aromatic rings. The SMILES string of the molecule is CC1CCCCC1C(C[N+](C)(C)C)OP(O)(=S)S. The molecule has 0 saturated heterocycles. The first-order chi connectivity index (χ1) is 8.08. The third-order valence-electron chi connectivity index (χ3n) is 3.66. The molecule has 6 heteroatoms. The average Bonchev–Trinajstić information content (AvgIpc) is 2.12. The lowest BCUT2D eigenvalue weighted by atomic mass is 9.77. The molecule has 1 fully saturated rings. The van der Waals surface area contributed by atoms with E-state index in [-0.39, 0.29) is 6.10 Å². The van der Waals surface area contributed by atoms with E-state index in [9.17, 15) is 4.89 Å². The highest BCUT2D eigenvalue weighted by Gasteiger charge is 2.35. The zero-order valence-electron chi connectivity index (χ0n) is 11.9. The Morgan fingerprint density at radius 3 is 2.39 bits per heavy atom. The van der Waals surface area contributed by atoms with Crippen molar-refractivity contribution < 1.29 is 13.9 Å². The lowest BCUT2D eigenvalue weighted by Crippen LogP contribution is -2.46. The largest absolute Gasteiger partial charge is 0.338 e. The molecule has 0 aromatic carbocycles. The minimum Gasteiger partial charge on any atom is -0.338 e. The maximum absolute atomic E-state index is 9.76. The first-order valence-corrected chi connectivity index (χ1v) is 10.5. The van der Waals surface area contributed by atoms with Gasteiger partial charge in [-0.3, -0.25) is 0 Å². The molecule has 1 aliphatic carbocycles. The molecule has 0 bridgehead atoms. The van der Waals surface area contributed by atoms with Crippen molar-refractivity contribution in [3.8, 4) is 0 Å². The van der Waals surface area contributed by atoms with Crippen molar-refractivity contribution in [2.75, 3.05) is 27.7 Å². The summed E-state index contributed by atoms with van der Waals surface area (Å²) < 4.78 is 6.57. The molecule has 0 radical (unpaired) electrons. The third kappa shape index (κ3) is 6.36. The molecule has 4 unspecified atom stereocenters. The molecule has 3 nitrogen and oxygen atoms in total. The molecule has 0 aromatic heterocycles. The first-order valence-electron chi connectivity index (χ1n) is 6.63. The molecule has 0 spiro atoms. The molecule has 0 heterocycles. The molecule has 1 N–H and O–H groups in total. The summed E-state index contributed by atoms with van der Waals surface area (Å²) in [5, 5.41) is 0. The second-order valence-corrected chi connectivity index (χ2v) is 11.6. The van der Waals surface area contributed by atoms with Crippen molar-refractivity contribution in [1.82, 2.24) is 0 Å². The number of quaternary nitrogens is 1. The van der Waals surface area contributed by atoms with Crippen LogP contribution in [-0.2, 0) is 16.3 Å². The van der Waals surface area contributed by atoms with Gasteiger partial charge in [0, 0.05) is 0 Å². The van der Waals surface area contributed by atoms with Gasteiger partial charge in [-0.05, 0) is 30.1 Å². The monoisotopic (exact) mass is 312 g/mol. The number of hydrogen-bond acceptors (Lipinski definition) is 2. The van der Waals surface area contributed by atoms with Gasteiger partial charge in [0.15, 0.2) is 0 Å². The number of nitrogens with zero attached hydrogens (tertiary/aromatic N) is 1. The van der Waals surface area contributed by atoms with Gasteiger partial charge in [0.05, 0.1) is 21.1 Å². The molecule has 4 atom stereocenters. The van der Waals surface area contributed by atoms with Crippen LogP contribution in [0.5, 0.6) is 0 Å². The predicted molar refractivity (Wildman–Crippen MR) is 84.4 cm³/mol. The highest BCUT2D eigenvalue weighted by molar-refractivity contribution is 8.59. The Hall–Kier alpha value is 0.880. The summed E-state index contributed by atoms with van der Waals surface area (Å²) in [5.41, 5.74) is -2.88. The van der Waals surface area contributed by atoms with E-state index in [1.807, 2.05) is 0 Å². The molecule has 1 rings (SSSR count). The van der Waals surface area contributed by atoms with Crippen molar-refractivity contribution >= 4 is 29.7 Å². The van der Waals surface area contributed by atoms with Crippen LogP contribution in [0, 0.1) is 11.8 Å². The van der Waals surface area contributed by atoms with Crippen LogP contribution in [-0.4, -0.2) is 43.2 Å². The molecular weight excluding hydrogens is 285 g/mol. The van der Waals surface area contributed by atoms with Crippen LogP contribution in [0.25, 0.3) is 0 Å². The van der Waals surface area contributed by atoms with E-state index in [1.165, 1.54) is 25.7 Å². The Labute approximate surface area is 122 Å². The summed E-state index contributed by atoms with van der Waals surface area (Å²) in [6, 6.07) is 0. The fourth-order valence-electron chi connectivity index (χ4n) is 2.86. The fourth-order valence-corrected chi connectivity index (χ4v) is 4.13. The quantitative estimate of drug-likeness (QED) is 0.464. The minimum atomic E-state index is -2.88. The van der Waals surface area contributed by atoms with Crippen molar-refractivity contribution in [2.45, 2.75) is 38.7 Å². The van der Waals surface area contributed by atoms with Crippen molar-refractivity contribution in [3.63, 3.8) is 0 Å². The van der Waals surface area contributed by atoms with Crippen LogP contribution in [0.4, 0.5) is 0 Å². The van der Waals surface area contributed by atoms with Gasteiger partial charge in [0.25, 0.3) is 0 Å². The molecule has 1 aliphatic rings. The van der Waals surface area contributed by atoms with Gasteiger partial charge in [0.1, 0.15) is 12.6 Å². The van der Waals surface area contributed by atoms with Crippen LogP contribution < -0.4 is 0 Å². The van der Waals surface area contributed by atoms with E-state index in [0.29, 0.717) is 11.8 Å². The summed E-state index contributed by atoms with van der Waals surface area (Å²) in [6.07, 6.45) is 5.02. The Balaban J connectivity index is 2.78. The van der Waals surface area contributed by atoms with E-state index in [0.717, 1.165) is 11.0 Å². The summed E-state index contributed by atoms with van der Waals surface area (Å²) >= 11 is 9.01. The van der Waals surface area contributed by atoms with Gasteiger partial charge >= 0.3 is 0 Å². The lowest BCUT2D eigenvalue weighted by Gasteiger charge is -2.39. The zero-order chi connectivity index (χ0) is 14.0. The van der Waals surface area contributed by atoms with Gasteiger partial charge < -0.3 is 13.9 Å². The molecular formula is C12H27NO2PS2+. The Bertz CT molecular complexity index is 314. The van der Waals surface area contributed by atoms with Crippen LogP contribution in [0.15, 0.2) is 0 Å². The lowest BCUT2D eigenvalue weighted by molar-refractivity contribution is -0.873. The fraction of sp³-hybridized carbons (Fsp3) is 1.00. The average molecular weight is 312 g/mol. The number of hydrogen-bond donors (Lipinski definition) is 2. The third-order valence-corrected chi connectivity index (χ3v) is 4.74. The Morgan fingerprint density at radius 2 is 1.94 bits per heavy atom. The summed E-state index contributed by atoms with van der Waals surface area (Å²) in [5.74, 6) is 1.14. The summed E-state index contributed by atoms with van der Waals surface area (Å²) in [6.45, 7) is 3.16. The van der Waals surface area contributed by atoms with Crippen LogP contribution in [0.1, 0.15) is 32.6 Å².